The van der Waals surface area contributed by atoms with E-state index in [2.05, 4.69) is 57.5 Å². The molecule has 0 radical (unpaired) electrons. The maximum atomic E-state index is 3.93. The van der Waals surface area contributed by atoms with E-state index in [9.17, 15) is 0 Å². The molecule has 1 aromatic heterocycles. The standard InChI is InChI=1S/C11H14.C8H11N/c1-9(2)11-7-5-4-6-10(3)8-11;1-7(2)8-3-5-9-6-4-8/h4-9H,3H2,1-2H3;3-7H,1-2H3. The fourth-order valence-electron chi connectivity index (χ4n) is 1.76. The molecule has 1 aromatic rings. The zero-order valence-corrected chi connectivity index (χ0v) is 13.0. The molecular weight excluding hydrogens is 242 g/mol. The first-order valence-electron chi connectivity index (χ1n) is 7.16. The first-order valence-corrected chi connectivity index (χ1v) is 7.16. The SMILES string of the molecule is C=C1C=CC=CC(C(C)C)=C1.CC(C)c1ccncc1. The molecule has 0 bridgehead atoms. The Hall–Kier alpha value is -1.89. The molecule has 1 nitrogen and oxygen atoms in total. The van der Waals surface area contributed by atoms with E-state index < -0.39 is 0 Å². The molecule has 0 atom stereocenters. The van der Waals surface area contributed by atoms with E-state index in [0.717, 1.165) is 5.57 Å². The molecule has 0 aromatic carbocycles. The van der Waals surface area contributed by atoms with Crippen LogP contribution in [-0.4, -0.2) is 4.98 Å². The maximum Gasteiger partial charge on any atom is 0.0270 e. The van der Waals surface area contributed by atoms with Gasteiger partial charge in [-0.25, -0.2) is 0 Å². The summed E-state index contributed by atoms with van der Waals surface area (Å²) in [7, 11) is 0. The molecule has 1 aliphatic carbocycles. The van der Waals surface area contributed by atoms with Gasteiger partial charge < -0.3 is 0 Å². The van der Waals surface area contributed by atoms with E-state index in [-0.39, 0.29) is 0 Å². The van der Waals surface area contributed by atoms with Gasteiger partial charge in [-0.05, 0) is 40.7 Å². The molecule has 0 unspecified atom stereocenters. The molecule has 0 amide bonds. The lowest BCUT2D eigenvalue weighted by atomic mass is 10.0. The van der Waals surface area contributed by atoms with Gasteiger partial charge in [-0.2, -0.15) is 0 Å². The molecule has 0 fully saturated rings. The quantitative estimate of drug-likeness (QED) is 0.693. The van der Waals surface area contributed by atoms with Crippen LogP contribution in [0.3, 0.4) is 0 Å². The second-order valence-corrected chi connectivity index (χ2v) is 5.53. The van der Waals surface area contributed by atoms with Crippen molar-refractivity contribution in [2.45, 2.75) is 33.6 Å². The third kappa shape index (κ3) is 5.83. The van der Waals surface area contributed by atoms with Crippen molar-refractivity contribution in [3.63, 3.8) is 0 Å². The molecule has 20 heavy (non-hydrogen) atoms. The number of hydrogen-bond donors (Lipinski definition) is 0. The van der Waals surface area contributed by atoms with Crippen molar-refractivity contribution in [1.29, 1.82) is 0 Å². The molecule has 0 spiro atoms. The normalized spacial score (nSPS) is 13.9. The van der Waals surface area contributed by atoms with Crippen LogP contribution in [0.4, 0.5) is 0 Å². The van der Waals surface area contributed by atoms with Crippen LogP contribution in [0.5, 0.6) is 0 Å². The number of aromatic nitrogens is 1. The molecule has 0 N–H and O–H groups in total. The highest BCUT2D eigenvalue weighted by molar-refractivity contribution is 5.40. The van der Waals surface area contributed by atoms with E-state index in [0.29, 0.717) is 11.8 Å². The summed E-state index contributed by atoms with van der Waals surface area (Å²) in [4.78, 5) is 3.93. The van der Waals surface area contributed by atoms with Gasteiger partial charge >= 0.3 is 0 Å². The fourth-order valence-corrected chi connectivity index (χ4v) is 1.76. The van der Waals surface area contributed by atoms with Gasteiger partial charge in [0, 0.05) is 12.4 Å². The van der Waals surface area contributed by atoms with Crippen LogP contribution < -0.4 is 0 Å². The first-order chi connectivity index (χ1) is 9.50. The number of rotatable bonds is 2. The van der Waals surface area contributed by atoms with Crippen molar-refractivity contribution in [3.8, 4) is 0 Å². The minimum absolute atomic E-state index is 0.586. The van der Waals surface area contributed by atoms with Crippen molar-refractivity contribution in [2.24, 2.45) is 5.92 Å². The van der Waals surface area contributed by atoms with Crippen molar-refractivity contribution in [3.05, 3.63) is 78.2 Å². The van der Waals surface area contributed by atoms with Gasteiger partial charge in [-0.1, -0.05) is 64.7 Å². The van der Waals surface area contributed by atoms with Crippen molar-refractivity contribution in [1.82, 2.24) is 4.98 Å². The Labute approximate surface area is 123 Å². The average Bonchev–Trinajstić information content (AvgIpc) is 2.65. The Morgan fingerprint density at radius 1 is 0.900 bits per heavy atom. The van der Waals surface area contributed by atoms with Crippen LogP contribution in [0.1, 0.15) is 39.2 Å². The summed E-state index contributed by atoms with van der Waals surface area (Å²) in [5.41, 5.74) is 3.78. The van der Waals surface area contributed by atoms with Gasteiger partial charge in [0.1, 0.15) is 0 Å². The number of allylic oxidation sites excluding steroid dienone is 7. The number of nitrogens with zero attached hydrogens (tertiary/aromatic N) is 1. The smallest absolute Gasteiger partial charge is 0.0270 e. The summed E-state index contributed by atoms with van der Waals surface area (Å²) in [6, 6.07) is 4.09. The third-order valence-electron chi connectivity index (χ3n) is 3.10. The van der Waals surface area contributed by atoms with Crippen molar-refractivity contribution in [2.75, 3.05) is 0 Å². The highest BCUT2D eigenvalue weighted by atomic mass is 14.6. The fraction of sp³-hybridized carbons (Fsp3) is 0.316. The molecule has 0 aliphatic heterocycles. The van der Waals surface area contributed by atoms with Gasteiger partial charge in [0.2, 0.25) is 0 Å². The minimum atomic E-state index is 0.586. The van der Waals surface area contributed by atoms with Crippen LogP contribution >= 0.6 is 0 Å². The minimum Gasteiger partial charge on any atom is -0.265 e. The lowest BCUT2D eigenvalue weighted by Crippen LogP contribution is -1.89. The van der Waals surface area contributed by atoms with Crippen LogP contribution in [0, 0.1) is 5.92 Å². The predicted molar refractivity (Wildman–Crippen MR) is 88.7 cm³/mol. The first kappa shape index (κ1) is 16.2. The van der Waals surface area contributed by atoms with Gasteiger partial charge in [-0.15, -0.1) is 0 Å². The Kier molecular flexibility index (Phi) is 6.72. The highest BCUT2D eigenvalue weighted by Crippen LogP contribution is 2.16. The summed E-state index contributed by atoms with van der Waals surface area (Å²) in [6.07, 6.45) is 14.0. The second kappa shape index (κ2) is 8.31. The lowest BCUT2D eigenvalue weighted by molar-refractivity contribution is 0.791. The molecule has 0 saturated carbocycles. The third-order valence-corrected chi connectivity index (χ3v) is 3.10. The predicted octanol–water partition coefficient (Wildman–Crippen LogP) is 5.46. The number of hydrogen-bond acceptors (Lipinski definition) is 1. The van der Waals surface area contributed by atoms with Crippen molar-refractivity contribution < 1.29 is 0 Å². The Morgan fingerprint density at radius 2 is 1.50 bits per heavy atom. The maximum absolute atomic E-state index is 3.93. The molecule has 1 aliphatic rings. The zero-order valence-electron chi connectivity index (χ0n) is 13.0. The summed E-state index contributed by atoms with van der Waals surface area (Å²) < 4.78 is 0. The van der Waals surface area contributed by atoms with Crippen LogP contribution in [0.2, 0.25) is 0 Å². The van der Waals surface area contributed by atoms with Crippen LogP contribution in [0.15, 0.2) is 72.6 Å². The monoisotopic (exact) mass is 267 g/mol. The van der Waals surface area contributed by atoms with E-state index in [1.807, 2.05) is 36.7 Å². The molecule has 0 saturated heterocycles. The van der Waals surface area contributed by atoms with Gasteiger partial charge in [0.15, 0.2) is 0 Å². The van der Waals surface area contributed by atoms with Gasteiger partial charge in [0.05, 0.1) is 0 Å². The van der Waals surface area contributed by atoms with E-state index in [1.165, 1.54) is 11.1 Å². The summed E-state index contributed by atoms with van der Waals surface area (Å²) in [6.45, 7) is 12.6. The zero-order chi connectivity index (χ0) is 15.0. The molecule has 106 valence electrons. The average molecular weight is 267 g/mol. The van der Waals surface area contributed by atoms with Crippen molar-refractivity contribution >= 4 is 0 Å². The summed E-state index contributed by atoms with van der Waals surface area (Å²) in [5, 5.41) is 0. The molecular formula is C19H25N. The summed E-state index contributed by atoms with van der Waals surface area (Å²) >= 11 is 0. The Bertz CT molecular complexity index is 502. The molecule has 1 heteroatoms. The number of pyridine rings is 1. The lowest BCUT2D eigenvalue weighted by Gasteiger charge is -2.04. The largest absolute Gasteiger partial charge is 0.265 e. The molecule has 2 rings (SSSR count). The van der Waals surface area contributed by atoms with Gasteiger partial charge in [0.25, 0.3) is 0 Å². The van der Waals surface area contributed by atoms with E-state index in [1.54, 1.807) is 0 Å². The van der Waals surface area contributed by atoms with Crippen LogP contribution in [-0.2, 0) is 0 Å². The highest BCUT2D eigenvalue weighted by Gasteiger charge is 1.99. The van der Waals surface area contributed by atoms with Gasteiger partial charge in [-0.3, -0.25) is 4.98 Å². The molecule has 1 heterocycles. The summed E-state index contributed by atoms with van der Waals surface area (Å²) in [5.74, 6) is 1.20. The topological polar surface area (TPSA) is 12.9 Å². The Balaban J connectivity index is 0.000000204. The van der Waals surface area contributed by atoms with E-state index >= 15 is 0 Å². The second-order valence-electron chi connectivity index (χ2n) is 5.53. The Morgan fingerprint density at radius 3 is 2.00 bits per heavy atom. The van der Waals surface area contributed by atoms with E-state index in [4.69, 9.17) is 0 Å². The van der Waals surface area contributed by atoms with Crippen LogP contribution in [0.25, 0.3) is 0 Å².